The van der Waals surface area contributed by atoms with Crippen LogP contribution < -0.4 is 0 Å². The molecule has 0 atom stereocenters. The number of halogens is 3. The third-order valence-electron chi connectivity index (χ3n) is 3.04. The Morgan fingerprint density at radius 3 is 2.39 bits per heavy atom. The molecule has 1 aromatic carbocycles. The van der Waals surface area contributed by atoms with Crippen LogP contribution in [0.4, 0.5) is 0 Å². The van der Waals surface area contributed by atoms with Crippen molar-refractivity contribution in [3.05, 3.63) is 58.5 Å². The molecule has 18 heavy (non-hydrogen) atoms. The van der Waals surface area contributed by atoms with E-state index in [4.69, 9.17) is 4.42 Å². The van der Waals surface area contributed by atoms with Gasteiger partial charge in [0, 0.05) is 27.0 Å². The Morgan fingerprint density at radius 1 is 1.06 bits per heavy atom. The van der Waals surface area contributed by atoms with E-state index in [1.165, 1.54) is 5.56 Å². The van der Waals surface area contributed by atoms with Gasteiger partial charge in [-0.1, -0.05) is 59.9 Å². The molecule has 0 radical (unpaired) electrons. The summed E-state index contributed by atoms with van der Waals surface area (Å²) in [6, 6.07) is 12.4. The molecule has 0 spiro atoms. The number of rotatable bonds is 5. The molecule has 0 aliphatic heterocycles. The first-order chi connectivity index (χ1) is 8.70. The number of hydrogen-bond donors (Lipinski definition) is 0. The summed E-state index contributed by atoms with van der Waals surface area (Å²) < 4.78 is 6.59. The Hall–Kier alpha value is -0.0600. The predicted molar refractivity (Wildman–Crippen MR) is 85.8 cm³/mol. The molecule has 0 fully saturated rings. The maximum Gasteiger partial charge on any atom is 0.104 e. The quantitative estimate of drug-likeness (QED) is 0.579. The zero-order chi connectivity index (χ0) is 13.0. The highest BCUT2D eigenvalue weighted by molar-refractivity contribution is 9.10. The zero-order valence-corrected chi connectivity index (χ0v) is 14.5. The SMILES string of the molecule is BrCC(CBr)(Cc1ccco1)c1cccc(Br)c1. The van der Waals surface area contributed by atoms with Gasteiger partial charge in [0.05, 0.1) is 6.26 Å². The zero-order valence-electron chi connectivity index (χ0n) is 9.70. The molecule has 2 aromatic rings. The second-order valence-electron chi connectivity index (χ2n) is 4.31. The van der Waals surface area contributed by atoms with Crippen molar-refractivity contribution in [2.24, 2.45) is 0 Å². The highest BCUT2D eigenvalue weighted by Crippen LogP contribution is 2.34. The highest BCUT2D eigenvalue weighted by atomic mass is 79.9. The minimum absolute atomic E-state index is 0.00162. The summed E-state index contributed by atoms with van der Waals surface area (Å²) in [6.07, 6.45) is 2.59. The van der Waals surface area contributed by atoms with E-state index in [1.807, 2.05) is 18.2 Å². The van der Waals surface area contributed by atoms with E-state index in [0.29, 0.717) is 0 Å². The van der Waals surface area contributed by atoms with E-state index in [9.17, 15) is 0 Å². The number of furan rings is 1. The Kier molecular flexibility index (Phi) is 5.10. The first-order valence-corrected chi connectivity index (χ1v) is 8.64. The van der Waals surface area contributed by atoms with Crippen molar-refractivity contribution < 1.29 is 4.42 Å². The number of alkyl halides is 2. The molecule has 0 aliphatic carbocycles. The van der Waals surface area contributed by atoms with Crippen molar-refractivity contribution in [2.75, 3.05) is 10.7 Å². The van der Waals surface area contributed by atoms with Gasteiger partial charge in [0.15, 0.2) is 0 Å². The van der Waals surface area contributed by atoms with Crippen molar-refractivity contribution in [3.8, 4) is 0 Å². The lowest BCUT2D eigenvalue weighted by Gasteiger charge is -2.30. The van der Waals surface area contributed by atoms with Gasteiger partial charge in [-0.05, 0) is 29.8 Å². The first-order valence-electron chi connectivity index (χ1n) is 5.60. The molecule has 1 aromatic heterocycles. The van der Waals surface area contributed by atoms with E-state index in [2.05, 4.69) is 66.0 Å². The predicted octanol–water partition coefficient (Wildman–Crippen LogP) is 5.31. The Balaban J connectivity index is 2.37. The summed E-state index contributed by atoms with van der Waals surface area (Å²) in [5.74, 6) is 1.01. The van der Waals surface area contributed by atoms with Gasteiger partial charge in [-0.3, -0.25) is 0 Å². The third kappa shape index (κ3) is 3.09. The molecule has 0 bridgehead atoms. The molecule has 96 valence electrons. The first kappa shape index (κ1) is 14.4. The van der Waals surface area contributed by atoms with Gasteiger partial charge in [0.1, 0.15) is 5.76 Å². The molecule has 2 rings (SSSR count). The molecule has 0 aliphatic rings. The monoisotopic (exact) mass is 434 g/mol. The molecule has 0 N–H and O–H groups in total. The highest BCUT2D eigenvalue weighted by Gasteiger charge is 2.31. The Labute approximate surface area is 132 Å². The fourth-order valence-electron chi connectivity index (χ4n) is 1.95. The van der Waals surface area contributed by atoms with Crippen LogP contribution >= 0.6 is 47.8 Å². The lowest BCUT2D eigenvalue weighted by Crippen LogP contribution is -2.32. The van der Waals surface area contributed by atoms with E-state index < -0.39 is 0 Å². The van der Waals surface area contributed by atoms with Gasteiger partial charge >= 0.3 is 0 Å². The van der Waals surface area contributed by atoms with Crippen LogP contribution in [-0.4, -0.2) is 10.7 Å². The minimum Gasteiger partial charge on any atom is -0.469 e. The molecule has 0 saturated carbocycles. The maximum absolute atomic E-state index is 5.49. The second-order valence-corrected chi connectivity index (χ2v) is 6.35. The molecular weight excluding hydrogens is 424 g/mol. The fraction of sp³-hybridized carbons (Fsp3) is 0.286. The summed E-state index contributed by atoms with van der Waals surface area (Å²) in [7, 11) is 0. The second kappa shape index (κ2) is 6.40. The van der Waals surface area contributed by atoms with Crippen LogP contribution in [0.5, 0.6) is 0 Å². The minimum atomic E-state index is 0.00162. The van der Waals surface area contributed by atoms with Crippen LogP contribution in [0, 0.1) is 0 Å². The van der Waals surface area contributed by atoms with Crippen LogP contribution in [0.1, 0.15) is 11.3 Å². The van der Waals surface area contributed by atoms with Gasteiger partial charge in [0.2, 0.25) is 0 Å². The molecule has 4 heteroatoms. The third-order valence-corrected chi connectivity index (χ3v) is 5.68. The van der Waals surface area contributed by atoms with E-state index in [0.717, 1.165) is 27.3 Å². The van der Waals surface area contributed by atoms with Crippen LogP contribution in [0.2, 0.25) is 0 Å². The molecule has 1 heterocycles. The molecular formula is C14H13Br3O. The summed E-state index contributed by atoms with van der Waals surface area (Å²) >= 11 is 10.8. The van der Waals surface area contributed by atoms with Crippen molar-refractivity contribution in [1.29, 1.82) is 0 Å². The van der Waals surface area contributed by atoms with Gasteiger partial charge in [-0.15, -0.1) is 0 Å². The van der Waals surface area contributed by atoms with E-state index >= 15 is 0 Å². The lowest BCUT2D eigenvalue weighted by molar-refractivity contribution is 0.443. The smallest absolute Gasteiger partial charge is 0.104 e. The van der Waals surface area contributed by atoms with Gasteiger partial charge in [0.25, 0.3) is 0 Å². The average Bonchev–Trinajstić information content (AvgIpc) is 2.89. The Morgan fingerprint density at radius 2 is 1.83 bits per heavy atom. The summed E-state index contributed by atoms with van der Waals surface area (Å²) in [5.41, 5.74) is 1.30. The number of benzene rings is 1. The molecule has 1 nitrogen and oxygen atoms in total. The van der Waals surface area contributed by atoms with Crippen molar-refractivity contribution in [2.45, 2.75) is 11.8 Å². The van der Waals surface area contributed by atoms with Crippen LogP contribution in [-0.2, 0) is 11.8 Å². The van der Waals surface area contributed by atoms with Gasteiger partial charge in [-0.2, -0.15) is 0 Å². The Bertz CT molecular complexity index is 490. The fourth-order valence-corrected chi connectivity index (χ4v) is 4.32. The molecule has 0 amide bonds. The van der Waals surface area contributed by atoms with Crippen LogP contribution in [0.15, 0.2) is 51.6 Å². The lowest BCUT2D eigenvalue weighted by atomic mass is 9.81. The maximum atomic E-state index is 5.49. The topological polar surface area (TPSA) is 13.1 Å². The summed E-state index contributed by atoms with van der Waals surface area (Å²) in [4.78, 5) is 0. The molecule has 0 saturated heterocycles. The van der Waals surface area contributed by atoms with Crippen molar-refractivity contribution in [3.63, 3.8) is 0 Å². The van der Waals surface area contributed by atoms with Crippen LogP contribution in [0.25, 0.3) is 0 Å². The summed E-state index contributed by atoms with van der Waals surface area (Å²) in [5, 5.41) is 1.75. The molecule has 0 unspecified atom stereocenters. The van der Waals surface area contributed by atoms with E-state index in [-0.39, 0.29) is 5.41 Å². The van der Waals surface area contributed by atoms with Crippen molar-refractivity contribution >= 4 is 47.8 Å². The van der Waals surface area contributed by atoms with Gasteiger partial charge < -0.3 is 4.42 Å². The van der Waals surface area contributed by atoms with Gasteiger partial charge in [-0.25, -0.2) is 0 Å². The summed E-state index contributed by atoms with van der Waals surface area (Å²) in [6.45, 7) is 0. The largest absolute Gasteiger partial charge is 0.469 e. The normalized spacial score (nSPS) is 11.7. The standard InChI is InChI=1S/C14H13Br3O/c15-9-14(10-16,8-13-5-2-6-18-13)11-3-1-4-12(17)7-11/h1-7H,8-10H2. The average molecular weight is 437 g/mol. The van der Waals surface area contributed by atoms with E-state index in [1.54, 1.807) is 6.26 Å². The van der Waals surface area contributed by atoms with Crippen LogP contribution in [0.3, 0.4) is 0 Å². The number of hydrogen-bond acceptors (Lipinski definition) is 1. The van der Waals surface area contributed by atoms with Crippen molar-refractivity contribution in [1.82, 2.24) is 0 Å².